The summed E-state index contributed by atoms with van der Waals surface area (Å²) in [5.74, 6) is -1.02. The van der Waals surface area contributed by atoms with Crippen LogP contribution in [0, 0.1) is 0 Å². The first-order valence-electron chi connectivity index (χ1n) is 11.7. The number of hydrogen-bond donors (Lipinski definition) is 3. The Bertz CT molecular complexity index is 1520. The van der Waals surface area contributed by atoms with Gasteiger partial charge in [-0.25, -0.2) is 0 Å². The number of carbonyl (C=O) groups is 1. The molecule has 0 fully saturated rings. The minimum absolute atomic E-state index is 0.203. The average Bonchev–Trinajstić information content (AvgIpc) is 3.06. The number of ether oxygens (including phenoxy) is 1. The second-order valence-corrected chi connectivity index (χ2v) is 8.72. The highest BCUT2D eigenvalue weighted by atomic mass is 19.4. The lowest BCUT2D eigenvalue weighted by Crippen LogP contribution is -2.33. The number of alkyl halides is 3. The molecule has 3 aromatic carbocycles. The fourth-order valence-corrected chi connectivity index (χ4v) is 4.37. The Kier molecular flexibility index (Phi) is 6.54. The Morgan fingerprint density at radius 1 is 1.00 bits per heavy atom. The Hall–Kier alpha value is -4.73. The van der Waals surface area contributed by atoms with Crippen LogP contribution >= 0.6 is 0 Å². The third-order valence-corrected chi connectivity index (χ3v) is 6.24. The molecule has 0 aliphatic carbocycles. The van der Waals surface area contributed by atoms with Gasteiger partial charge in [-0.3, -0.25) is 14.3 Å². The van der Waals surface area contributed by atoms with Crippen molar-refractivity contribution >= 4 is 5.91 Å². The number of carbonyl (C=O) groups excluding carboxylic acids is 1. The molecule has 1 amide bonds. The number of halogens is 3. The molecule has 194 valence electrons. The highest BCUT2D eigenvalue weighted by Gasteiger charge is 2.30. The van der Waals surface area contributed by atoms with Gasteiger partial charge in [0.1, 0.15) is 12.4 Å². The van der Waals surface area contributed by atoms with Gasteiger partial charge in [0.2, 0.25) is 5.43 Å². The van der Waals surface area contributed by atoms with E-state index in [-0.39, 0.29) is 17.8 Å². The molecule has 1 aliphatic rings. The van der Waals surface area contributed by atoms with Crippen molar-refractivity contribution in [2.75, 3.05) is 5.43 Å². The first kappa shape index (κ1) is 24.9. The molecule has 5 rings (SSSR count). The van der Waals surface area contributed by atoms with Gasteiger partial charge in [-0.1, -0.05) is 54.6 Å². The van der Waals surface area contributed by atoms with Gasteiger partial charge in [0.15, 0.2) is 11.4 Å². The molecule has 1 aromatic heterocycles. The van der Waals surface area contributed by atoms with Crippen LogP contribution in [0.25, 0.3) is 0 Å². The van der Waals surface area contributed by atoms with Gasteiger partial charge in [-0.05, 0) is 34.9 Å². The number of para-hydroxylation sites is 1. The van der Waals surface area contributed by atoms with Crippen LogP contribution in [-0.4, -0.2) is 15.7 Å². The number of hydrogen-bond acceptors (Lipinski definition) is 5. The lowest BCUT2D eigenvalue weighted by atomic mass is 9.95. The van der Waals surface area contributed by atoms with E-state index in [2.05, 4.69) is 10.7 Å². The number of fused-ring (bicyclic) bond motifs is 2. The van der Waals surface area contributed by atoms with Gasteiger partial charge < -0.3 is 20.6 Å². The van der Waals surface area contributed by atoms with E-state index >= 15 is 0 Å². The third-order valence-electron chi connectivity index (χ3n) is 6.24. The second kappa shape index (κ2) is 9.97. The maximum Gasteiger partial charge on any atom is 0.416 e. The van der Waals surface area contributed by atoms with Crippen molar-refractivity contribution in [3.63, 3.8) is 0 Å². The van der Waals surface area contributed by atoms with Crippen molar-refractivity contribution in [3.8, 4) is 11.5 Å². The fourth-order valence-electron chi connectivity index (χ4n) is 4.37. The summed E-state index contributed by atoms with van der Waals surface area (Å²) in [6.45, 7) is 0.0688. The van der Waals surface area contributed by atoms with E-state index in [1.807, 2.05) is 48.5 Å². The van der Waals surface area contributed by atoms with Gasteiger partial charge in [-0.2, -0.15) is 13.2 Å². The maximum atomic E-state index is 13.2. The minimum atomic E-state index is -4.53. The Balaban J connectivity index is 1.49. The van der Waals surface area contributed by atoms with Crippen LogP contribution in [0.1, 0.15) is 44.3 Å². The summed E-state index contributed by atoms with van der Waals surface area (Å²) in [5, 5.41) is 13.1. The number of pyridine rings is 1. The molecule has 38 heavy (non-hydrogen) atoms. The quantitative estimate of drug-likeness (QED) is 0.353. The van der Waals surface area contributed by atoms with Crippen LogP contribution in [0.5, 0.6) is 11.5 Å². The van der Waals surface area contributed by atoms with Crippen LogP contribution < -0.4 is 20.9 Å². The first-order valence-corrected chi connectivity index (χ1v) is 11.7. The van der Waals surface area contributed by atoms with E-state index in [0.717, 1.165) is 34.9 Å². The molecular formula is C28H22F3N3O4. The Morgan fingerprint density at radius 2 is 1.74 bits per heavy atom. The van der Waals surface area contributed by atoms with Crippen molar-refractivity contribution < 1.29 is 27.8 Å². The monoisotopic (exact) mass is 521 g/mol. The number of amides is 1. The number of aromatic nitrogens is 1. The zero-order valence-electron chi connectivity index (χ0n) is 19.8. The van der Waals surface area contributed by atoms with E-state index in [9.17, 15) is 27.9 Å². The predicted octanol–water partition coefficient (Wildman–Crippen LogP) is 4.73. The van der Waals surface area contributed by atoms with Crippen molar-refractivity contribution in [2.45, 2.75) is 25.4 Å². The summed E-state index contributed by atoms with van der Waals surface area (Å²) in [4.78, 5) is 25.4. The van der Waals surface area contributed by atoms with E-state index in [0.29, 0.717) is 12.4 Å². The number of nitrogens with one attached hydrogen (secondary N) is 2. The maximum absolute atomic E-state index is 13.2. The average molecular weight is 521 g/mol. The zero-order valence-corrected chi connectivity index (χ0v) is 19.8. The SMILES string of the molecule is O=C(NCc1cccc(C(F)(F)F)c1)c1c(O)c(=O)ccn1NC1c2ccccc2COc2ccccc21. The first-order chi connectivity index (χ1) is 18.2. The molecule has 0 saturated heterocycles. The Morgan fingerprint density at radius 3 is 2.53 bits per heavy atom. The van der Waals surface area contributed by atoms with Crippen molar-refractivity contribution in [1.82, 2.24) is 9.99 Å². The van der Waals surface area contributed by atoms with Crippen molar-refractivity contribution in [1.29, 1.82) is 0 Å². The Labute approximate surface area is 215 Å². The summed E-state index contributed by atoms with van der Waals surface area (Å²) >= 11 is 0. The van der Waals surface area contributed by atoms with Crippen LogP contribution in [-0.2, 0) is 19.3 Å². The highest BCUT2D eigenvalue weighted by molar-refractivity contribution is 5.95. The number of rotatable bonds is 5. The number of nitrogens with zero attached hydrogens (tertiary/aromatic N) is 1. The minimum Gasteiger partial charge on any atom is -0.502 e. The van der Waals surface area contributed by atoms with E-state index in [1.54, 1.807) is 0 Å². The van der Waals surface area contributed by atoms with E-state index in [1.165, 1.54) is 23.0 Å². The molecule has 0 bridgehead atoms. The van der Waals surface area contributed by atoms with Gasteiger partial charge in [0.05, 0.1) is 11.6 Å². The molecular weight excluding hydrogens is 499 g/mol. The lowest BCUT2D eigenvalue weighted by molar-refractivity contribution is -0.137. The van der Waals surface area contributed by atoms with Crippen LogP contribution in [0.15, 0.2) is 89.9 Å². The van der Waals surface area contributed by atoms with Gasteiger partial charge in [0, 0.05) is 24.4 Å². The summed E-state index contributed by atoms with van der Waals surface area (Å²) in [6, 6.07) is 20.1. The van der Waals surface area contributed by atoms with Gasteiger partial charge >= 0.3 is 6.18 Å². The highest BCUT2D eigenvalue weighted by Crippen LogP contribution is 2.36. The summed E-state index contributed by atoms with van der Waals surface area (Å²) in [6.07, 6.45) is -3.21. The van der Waals surface area contributed by atoms with Crippen LogP contribution in [0.3, 0.4) is 0 Å². The topological polar surface area (TPSA) is 92.6 Å². The van der Waals surface area contributed by atoms with E-state index < -0.39 is 34.9 Å². The van der Waals surface area contributed by atoms with Gasteiger partial charge in [-0.15, -0.1) is 0 Å². The molecule has 2 heterocycles. The standard InChI is InChI=1S/C28H22F3N3O4/c29-28(30,31)19-8-5-6-17(14-19)15-32-27(37)25-26(36)22(35)12-13-34(25)33-24-20-9-2-1-7-18(20)16-38-23-11-4-3-10-21(23)24/h1-14,24,33,36H,15-16H2,(H,32,37). The molecule has 3 N–H and O–H groups in total. The molecule has 0 saturated carbocycles. The molecule has 7 nitrogen and oxygen atoms in total. The molecule has 1 unspecified atom stereocenters. The second-order valence-electron chi connectivity index (χ2n) is 8.72. The smallest absolute Gasteiger partial charge is 0.416 e. The molecule has 0 spiro atoms. The summed E-state index contributed by atoms with van der Waals surface area (Å²) in [5.41, 5.74) is 3.94. The largest absolute Gasteiger partial charge is 0.502 e. The zero-order chi connectivity index (χ0) is 26.9. The number of benzene rings is 3. The summed E-state index contributed by atoms with van der Waals surface area (Å²) < 4.78 is 46.4. The van der Waals surface area contributed by atoms with Crippen LogP contribution in [0.4, 0.5) is 13.2 Å². The molecule has 1 atom stereocenters. The normalized spacial score (nSPS) is 14.4. The van der Waals surface area contributed by atoms with Gasteiger partial charge in [0.25, 0.3) is 5.91 Å². The van der Waals surface area contributed by atoms with Crippen LogP contribution in [0.2, 0.25) is 0 Å². The fraction of sp³-hybridized carbons (Fsp3) is 0.143. The van der Waals surface area contributed by atoms with Crippen molar-refractivity contribution in [2.24, 2.45) is 0 Å². The summed E-state index contributed by atoms with van der Waals surface area (Å²) in [7, 11) is 0. The molecule has 4 aromatic rings. The third kappa shape index (κ3) is 4.93. The number of aromatic hydroxyl groups is 1. The molecule has 1 aliphatic heterocycles. The van der Waals surface area contributed by atoms with E-state index in [4.69, 9.17) is 4.74 Å². The predicted molar refractivity (Wildman–Crippen MR) is 133 cm³/mol. The molecule has 10 heteroatoms. The van der Waals surface area contributed by atoms with Crippen molar-refractivity contribution in [3.05, 3.63) is 129 Å². The molecule has 0 radical (unpaired) electrons. The lowest BCUT2D eigenvalue weighted by Gasteiger charge is -2.25.